The normalized spacial score (nSPS) is 21.1. The Morgan fingerprint density at radius 2 is 1.78 bits per heavy atom. The van der Waals surface area contributed by atoms with E-state index in [0.29, 0.717) is 42.8 Å². The number of hydrogen-bond acceptors (Lipinski definition) is 6. The highest BCUT2D eigenvalue weighted by molar-refractivity contribution is 5.70. The number of ether oxygens (including phenoxy) is 1. The van der Waals surface area contributed by atoms with Crippen LogP contribution in [0.15, 0.2) is 64.8 Å². The van der Waals surface area contributed by atoms with Gasteiger partial charge < -0.3 is 9.64 Å². The lowest BCUT2D eigenvalue weighted by Crippen LogP contribution is -2.41. The monoisotopic (exact) mass is 560 g/mol. The minimum atomic E-state index is -0.996. The number of fused-ring (bicyclic) bond motifs is 2. The van der Waals surface area contributed by atoms with E-state index in [-0.39, 0.29) is 30.1 Å². The number of azide groups is 1. The minimum absolute atomic E-state index is 0.0916. The van der Waals surface area contributed by atoms with Gasteiger partial charge in [-0.25, -0.2) is 23.4 Å². The van der Waals surface area contributed by atoms with E-state index in [1.165, 1.54) is 12.1 Å². The highest BCUT2D eigenvalue weighted by atomic mass is 19.2. The SMILES string of the molecule is [N-]=[N+]=N[C@@H]1c2cccnc2[C@H](OC(=O)N2CCC(n3c(=O)[nH]c4ncccc43)CC2)CCC1c1cccc(F)c1F. The zero-order valence-corrected chi connectivity index (χ0v) is 21.9. The predicted molar refractivity (Wildman–Crippen MR) is 144 cm³/mol. The van der Waals surface area contributed by atoms with E-state index in [1.807, 2.05) is 6.07 Å². The summed E-state index contributed by atoms with van der Waals surface area (Å²) in [5.74, 6) is -2.67. The van der Waals surface area contributed by atoms with Gasteiger partial charge in [0.2, 0.25) is 0 Å². The lowest BCUT2D eigenvalue weighted by Gasteiger charge is -2.33. The number of nitrogens with one attached hydrogen (secondary N) is 1. The molecule has 0 bridgehead atoms. The average Bonchev–Trinajstić information content (AvgIpc) is 3.25. The Bertz CT molecular complexity index is 1710. The van der Waals surface area contributed by atoms with Gasteiger partial charge in [-0.3, -0.25) is 14.5 Å². The number of H-pyrrole nitrogens is 1. The maximum absolute atomic E-state index is 14.9. The highest BCUT2D eigenvalue weighted by Crippen LogP contribution is 2.46. The molecule has 1 aliphatic carbocycles. The van der Waals surface area contributed by atoms with E-state index in [2.05, 4.69) is 25.0 Å². The van der Waals surface area contributed by atoms with Crippen molar-refractivity contribution in [1.29, 1.82) is 0 Å². The second-order valence-electron chi connectivity index (χ2n) is 10.2. The van der Waals surface area contributed by atoms with Crippen LogP contribution in [0.4, 0.5) is 13.6 Å². The molecule has 1 fully saturated rings. The quantitative estimate of drug-likeness (QED) is 0.144. The Labute approximate surface area is 232 Å². The summed E-state index contributed by atoms with van der Waals surface area (Å²) < 4.78 is 36.6. The highest BCUT2D eigenvalue weighted by Gasteiger charge is 2.37. The molecule has 11 nitrogen and oxygen atoms in total. The number of benzene rings is 1. The van der Waals surface area contributed by atoms with Gasteiger partial charge in [0, 0.05) is 36.4 Å². The van der Waals surface area contributed by atoms with Crippen molar-refractivity contribution in [2.45, 2.75) is 49.8 Å². The number of likely N-dealkylation sites (tertiary alicyclic amines) is 1. The van der Waals surface area contributed by atoms with E-state index in [4.69, 9.17) is 4.74 Å². The number of carbonyl (C=O) groups is 1. The Hall–Kier alpha value is -4.77. The Balaban J connectivity index is 1.21. The predicted octanol–water partition coefficient (Wildman–Crippen LogP) is 5.84. The Kier molecular flexibility index (Phi) is 7.10. The van der Waals surface area contributed by atoms with Crippen LogP contribution in [-0.2, 0) is 4.74 Å². The van der Waals surface area contributed by atoms with Crippen molar-refractivity contribution >= 4 is 17.3 Å². The summed E-state index contributed by atoms with van der Waals surface area (Å²) in [6, 6.07) is 9.93. The van der Waals surface area contributed by atoms with Crippen LogP contribution < -0.4 is 5.69 Å². The maximum atomic E-state index is 14.9. The fourth-order valence-corrected chi connectivity index (χ4v) is 6.06. The number of piperidine rings is 1. The molecule has 1 saturated heterocycles. The van der Waals surface area contributed by atoms with Gasteiger partial charge in [0.1, 0.15) is 6.10 Å². The van der Waals surface area contributed by atoms with Gasteiger partial charge in [0.25, 0.3) is 0 Å². The number of amides is 1. The standard InChI is InChI=1S/C28H26F2N8O3/c29-20-6-1-4-17(23(20)30)18-8-9-22(25-19(5-2-12-32-25)24(18)35-36-31)41-28(40)37-14-10-16(11-15-37)38-21-7-3-13-33-26(21)34-27(38)39/h1-7,12-13,16,18,22,24H,8-11,14-15H2,(H,33,34,39)/t18?,22-,24+/m1/s1. The van der Waals surface area contributed by atoms with Crippen molar-refractivity contribution in [2.75, 3.05) is 13.1 Å². The lowest BCUT2D eigenvalue weighted by molar-refractivity contribution is 0.0472. The van der Waals surface area contributed by atoms with E-state index < -0.39 is 35.8 Å². The molecule has 210 valence electrons. The molecule has 4 aromatic rings. The molecule has 6 rings (SSSR count). The first-order valence-electron chi connectivity index (χ1n) is 13.4. The first-order valence-corrected chi connectivity index (χ1v) is 13.4. The van der Waals surface area contributed by atoms with Gasteiger partial charge in [-0.15, -0.1) is 0 Å². The molecule has 13 heteroatoms. The fourth-order valence-electron chi connectivity index (χ4n) is 6.06. The van der Waals surface area contributed by atoms with Crippen LogP contribution in [-0.4, -0.2) is 43.6 Å². The minimum Gasteiger partial charge on any atom is -0.440 e. The third-order valence-corrected chi connectivity index (χ3v) is 7.99. The number of aromatic nitrogens is 4. The summed E-state index contributed by atoms with van der Waals surface area (Å²) in [6.07, 6.45) is 3.49. The van der Waals surface area contributed by atoms with Crippen molar-refractivity contribution in [3.63, 3.8) is 0 Å². The van der Waals surface area contributed by atoms with Gasteiger partial charge in [0.05, 0.1) is 17.3 Å². The second kappa shape index (κ2) is 11.0. The molecule has 1 N–H and O–H groups in total. The van der Waals surface area contributed by atoms with Crippen LogP contribution in [0.3, 0.4) is 0 Å². The van der Waals surface area contributed by atoms with Gasteiger partial charge in [-0.2, -0.15) is 0 Å². The second-order valence-corrected chi connectivity index (χ2v) is 10.2. The van der Waals surface area contributed by atoms with Gasteiger partial charge in [-0.1, -0.05) is 23.3 Å². The molecule has 41 heavy (non-hydrogen) atoms. The van der Waals surface area contributed by atoms with Crippen LogP contribution in [0.25, 0.3) is 21.6 Å². The Morgan fingerprint density at radius 3 is 2.59 bits per heavy atom. The van der Waals surface area contributed by atoms with Crippen LogP contribution in [0, 0.1) is 11.6 Å². The number of imidazole rings is 1. The number of halogens is 2. The number of aromatic amines is 1. The lowest BCUT2D eigenvalue weighted by atomic mass is 9.86. The van der Waals surface area contributed by atoms with E-state index >= 15 is 0 Å². The van der Waals surface area contributed by atoms with Gasteiger partial charge in [0.15, 0.2) is 17.3 Å². The fraction of sp³-hybridized carbons (Fsp3) is 0.357. The van der Waals surface area contributed by atoms with Crippen LogP contribution in [0.5, 0.6) is 0 Å². The third-order valence-electron chi connectivity index (χ3n) is 7.99. The molecular weight excluding hydrogens is 534 g/mol. The van der Waals surface area contributed by atoms with Crippen LogP contribution >= 0.6 is 0 Å². The molecule has 1 aliphatic heterocycles. The molecule has 4 heterocycles. The summed E-state index contributed by atoms with van der Waals surface area (Å²) in [5.41, 5.74) is 11.3. The molecule has 0 saturated carbocycles. The van der Waals surface area contributed by atoms with Crippen molar-refractivity contribution in [1.82, 2.24) is 24.4 Å². The Morgan fingerprint density at radius 1 is 1.02 bits per heavy atom. The topological polar surface area (TPSA) is 142 Å². The van der Waals surface area contributed by atoms with Crippen LogP contribution in [0.1, 0.15) is 66.6 Å². The largest absolute Gasteiger partial charge is 0.440 e. The molecule has 3 aromatic heterocycles. The van der Waals surface area contributed by atoms with Crippen LogP contribution in [0.2, 0.25) is 0 Å². The maximum Gasteiger partial charge on any atom is 0.410 e. The summed E-state index contributed by atoms with van der Waals surface area (Å²) in [6.45, 7) is 0.756. The van der Waals surface area contributed by atoms with E-state index in [0.717, 1.165) is 11.6 Å². The summed E-state index contributed by atoms with van der Waals surface area (Å²) in [5, 5.41) is 3.94. The zero-order chi connectivity index (χ0) is 28.5. The summed E-state index contributed by atoms with van der Waals surface area (Å²) >= 11 is 0. The molecule has 0 spiro atoms. The van der Waals surface area contributed by atoms with Gasteiger partial charge >= 0.3 is 11.8 Å². The number of pyridine rings is 2. The smallest absolute Gasteiger partial charge is 0.410 e. The molecule has 0 radical (unpaired) electrons. The van der Waals surface area contributed by atoms with Crippen molar-refractivity contribution in [3.8, 4) is 0 Å². The number of hydrogen-bond donors (Lipinski definition) is 1. The summed E-state index contributed by atoms with van der Waals surface area (Å²) in [4.78, 5) is 41.9. The molecule has 2 aliphatic rings. The number of carbonyl (C=O) groups excluding carboxylic acids is 1. The number of nitrogens with zero attached hydrogens (tertiary/aromatic N) is 7. The van der Waals surface area contributed by atoms with E-state index in [9.17, 15) is 23.9 Å². The van der Waals surface area contributed by atoms with Crippen molar-refractivity contribution in [2.24, 2.45) is 5.11 Å². The average molecular weight is 561 g/mol. The van der Waals surface area contributed by atoms with E-state index in [1.54, 1.807) is 40.1 Å². The molecule has 1 aromatic carbocycles. The first kappa shape index (κ1) is 26.5. The zero-order valence-electron chi connectivity index (χ0n) is 21.9. The summed E-state index contributed by atoms with van der Waals surface area (Å²) in [7, 11) is 0. The molecular formula is C28H26F2N8O3. The van der Waals surface area contributed by atoms with Crippen molar-refractivity contribution in [3.05, 3.63) is 104 Å². The van der Waals surface area contributed by atoms with Crippen molar-refractivity contribution < 1.29 is 18.3 Å². The molecule has 1 unspecified atom stereocenters. The first-order chi connectivity index (χ1) is 20.0. The molecule has 3 atom stereocenters. The van der Waals surface area contributed by atoms with Gasteiger partial charge in [-0.05, 0) is 72.5 Å². The number of rotatable bonds is 4. The molecule has 1 amide bonds. The third kappa shape index (κ3) is 4.89.